The quantitative estimate of drug-likeness (QED) is 0.795. The van der Waals surface area contributed by atoms with Crippen LogP contribution < -0.4 is 5.32 Å². The van der Waals surface area contributed by atoms with Gasteiger partial charge >= 0.3 is 0 Å². The van der Waals surface area contributed by atoms with Crippen LogP contribution in [0.5, 0.6) is 0 Å². The van der Waals surface area contributed by atoms with E-state index in [1.165, 1.54) is 0 Å². The van der Waals surface area contributed by atoms with Gasteiger partial charge in [-0.2, -0.15) is 0 Å². The summed E-state index contributed by atoms with van der Waals surface area (Å²) in [6.07, 6.45) is 6.58. The van der Waals surface area contributed by atoms with Crippen LogP contribution >= 0.6 is 15.9 Å². The Labute approximate surface area is 115 Å². The van der Waals surface area contributed by atoms with E-state index in [9.17, 15) is 0 Å². The molecule has 98 valence electrons. The van der Waals surface area contributed by atoms with Crippen LogP contribution in [0, 0.1) is 0 Å². The molecule has 2 heterocycles. The third-order valence-electron chi connectivity index (χ3n) is 2.59. The van der Waals surface area contributed by atoms with Gasteiger partial charge in [0.2, 0.25) is 0 Å². The molecule has 0 saturated heterocycles. The summed E-state index contributed by atoms with van der Waals surface area (Å²) in [7, 11) is 0. The van der Waals surface area contributed by atoms with Gasteiger partial charge in [-0.15, -0.1) is 0 Å². The van der Waals surface area contributed by atoms with Crippen LogP contribution in [0.25, 0.3) is 5.65 Å². The maximum atomic E-state index is 5.28. The third kappa shape index (κ3) is 3.51. The molecule has 2 aromatic heterocycles. The Hall–Kier alpha value is -0.980. The lowest BCUT2D eigenvalue weighted by Gasteiger charge is -2.05. The smallest absolute Gasteiger partial charge is 0.155 e. The van der Waals surface area contributed by atoms with Gasteiger partial charge in [-0.1, -0.05) is 0 Å². The third-order valence-corrected chi connectivity index (χ3v) is 3.00. The van der Waals surface area contributed by atoms with Crippen LogP contribution in [-0.2, 0) is 11.3 Å². The van der Waals surface area contributed by atoms with Gasteiger partial charge < -0.3 is 10.1 Å². The Morgan fingerprint density at radius 2 is 2.28 bits per heavy atom. The lowest BCUT2D eigenvalue weighted by Crippen LogP contribution is -2.17. The average molecular weight is 313 g/mol. The lowest BCUT2D eigenvalue weighted by atomic mass is 10.4. The van der Waals surface area contributed by atoms with Crippen molar-refractivity contribution in [2.75, 3.05) is 19.8 Å². The highest BCUT2D eigenvalue weighted by molar-refractivity contribution is 9.10. The molecule has 2 rings (SSSR count). The number of imidazole rings is 1. The first-order valence-electron chi connectivity index (χ1n) is 6.07. The van der Waals surface area contributed by atoms with Crippen molar-refractivity contribution in [2.45, 2.75) is 19.9 Å². The van der Waals surface area contributed by atoms with E-state index in [1.807, 2.05) is 23.7 Å². The van der Waals surface area contributed by atoms with Crippen molar-refractivity contribution in [3.8, 4) is 0 Å². The standard InChI is InChI=1S/C12H17BrN4O/c1-2-18-5-3-4-14-6-10-7-16-12-8-15-11(13)9-17(10)12/h7-9,14H,2-6H2,1H3. The number of halogens is 1. The average Bonchev–Trinajstić information content (AvgIpc) is 2.76. The first kappa shape index (κ1) is 13.5. The van der Waals surface area contributed by atoms with E-state index in [-0.39, 0.29) is 0 Å². The van der Waals surface area contributed by atoms with E-state index < -0.39 is 0 Å². The van der Waals surface area contributed by atoms with E-state index in [2.05, 4.69) is 31.2 Å². The minimum atomic E-state index is 0.786. The first-order chi connectivity index (χ1) is 8.81. The predicted molar refractivity (Wildman–Crippen MR) is 73.5 cm³/mol. The van der Waals surface area contributed by atoms with Crippen molar-refractivity contribution in [1.29, 1.82) is 0 Å². The molecule has 6 heteroatoms. The van der Waals surface area contributed by atoms with Gasteiger partial charge in [-0.05, 0) is 35.8 Å². The molecule has 0 amide bonds. The van der Waals surface area contributed by atoms with Gasteiger partial charge in [0, 0.05) is 26.0 Å². The summed E-state index contributed by atoms with van der Waals surface area (Å²) < 4.78 is 8.13. The second-order valence-corrected chi connectivity index (χ2v) is 4.73. The van der Waals surface area contributed by atoms with Gasteiger partial charge in [-0.25, -0.2) is 9.97 Å². The molecule has 18 heavy (non-hydrogen) atoms. The number of ether oxygens (including phenoxy) is 1. The summed E-state index contributed by atoms with van der Waals surface area (Å²) in [5.41, 5.74) is 1.99. The minimum absolute atomic E-state index is 0.786. The maximum Gasteiger partial charge on any atom is 0.155 e. The van der Waals surface area contributed by atoms with Crippen molar-refractivity contribution < 1.29 is 4.74 Å². The van der Waals surface area contributed by atoms with Crippen LogP contribution in [0.2, 0.25) is 0 Å². The molecular weight excluding hydrogens is 296 g/mol. The minimum Gasteiger partial charge on any atom is -0.382 e. The van der Waals surface area contributed by atoms with Gasteiger partial charge in [-0.3, -0.25) is 4.40 Å². The highest BCUT2D eigenvalue weighted by atomic mass is 79.9. The molecule has 0 saturated carbocycles. The second-order valence-electron chi connectivity index (χ2n) is 3.92. The van der Waals surface area contributed by atoms with Crippen LogP contribution in [0.15, 0.2) is 23.2 Å². The Bertz CT molecular complexity index is 500. The summed E-state index contributed by atoms with van der Waals surface area (Å²) >= 11 is 3.36. The summed E-state index contributed by atoms with van der Waals surface area (Å²) in [6, 6.07) is 0. The number of nitrogens with zero attached hydrogens (tertiary/aromatic N) is 3. The fraction of sp³-hybridized carbons (Fsp3) is 0.500. The SMILES string of the molecule is CCOCCCNCc1cnc2cnc(Br)cn12. The molecule has 0 atom stereocenters. The molecule has 5 nitrogen and oxygen atoms in total. The zero-order valence-corrected chi connectivity index (χ0v) is 12.0. The van der Waals surface area contributed by atoms with E-state index in [1.54, 1.807) is 6.20 Å². The molecule has 0 aliphatic carbocycles. The summed E-state index contributed by atoms with van der Waals surface area (Å²) in [5, 5.41) is 3.38. The molecule has 2 aromatic rings. The monoisotopic (exact) mass is 312 g/mol. The van der Waals surface area contributed by atoms with Gasteiger partial charge in [0.1, 0.15) is 4.60 Å². The maximum absolute atomic E-state index is 5.28. The number of rotatable bonds is 7. The normalized spacial score (nSPS) is 11.2. The molecule has 1 N–H and O–H groups in total. The van der Waals surface area contributed by atoms with Crippen molar-refractivity contribution in [3.63, 3.8) is 0 Å². The van der Waals surface area contributed by atoms with E-state index in [0.717, 1.165) is 48.7 Å². The lowest BCUT2D eigenvalue weighted by molar-refractivity contribution is 0.144. The molecule has 0 aliphatic heterocycles. The number of nitrogens with one attached hydrogen (secondary N) is 1. The number of fused-ring (bicyclic) bond motifs is 1. The second kappa shape index (κ2) is 6.82. The van der Waals surface area contributed by atoms with Crippen LogP contribution in [0.4, 0.5) is 0 Å². The van der Waals surface area contributed by atoms with E-state index in [0.29, 0.717) is 0 Å². The topological polar surface area (TPSA) is 51.5 Å². The van der Waals surface area contributed by atoms with Crippen molar-refractivity contribution in [1.82, 2.24) is 19.7 Å². The van der Waals surface area contributed by atoms with Gasteiger partial charge in [0.05, 0.1) is 18.1 Å². The van der Waals surface area contributed by atoms with Crippen molar-refractivity contribution in [2.24, 2.45) is 0 Å². The number of hydrogen-bond donors (Lipinski definition) is 1. The Balaban J connectivity index is 1.86. The molecular formula is C12H17BrN4O. The molecule has 0 aromatic carbocycles. The first-order valence-corrected chi connectivity index (χ1v) is 6.86. The number of aromatic nitrogens is 3. The zero-order chi connectivity index (χ0) is 12.8. The molecule has 0 radical (unpaired) electrons. The fourth-order valence-electron chi connectivity index (χ4n) is 1.71. The van der Waals surface area contributed by atoms with E-state index >= 15 is 0 Å². The Kier molecular flexibility index (Phi) is 5.10. The predicted octanol–water partition coefficient (Wildman–Crippen LogP) is 2.01. The van der Waals surface area contributed by atoms with Gasteiger partial charge in [0.15, 0.2) is 5.65 Å². The van der Waals surface area contributed by atoms with Crippen molar-refractivity contribution >= 4 is 21.6 Å². The largest absolute Gasteiger partial charge is 0.382 e. The fourth-order valence-corrected chi connectivity index (χ4v) is 2.01. The van der Waals surface area contributed by atoms with Crippen LogP contribution in [0.1, 0.15) is 19.0 Å². The highest BCUT2D eigenvalue weighted by Gasteiger charge is 2.03. The Morgan fingerprint density at radius 3 is 3.11 bits per heavy atom. The molecule has 0 fully saturated rings. The Morgan fingerprint density at radius 1 is 1.39 bits per heavy atom. The summed E-state index contributed by atoms with van der Waals surface area (Å²) in [5.74, 6) is 0. The summed E-state index contributed by atoms with van der Waals surface area (Å²) in [6.45, 7) is 5.35. The highest BCUT2D eigenvalue weighted by Crippen LogP contribution is 2.10. The molecule has 0 spiro atoms. The molecule has 0 aliphatic rings. The van der Waals surface area contributed by atoms with Crippen LogP contribution in [0.3, 0.4) is 0 Å². The molecule has 0 unspecified atom stereocenters. The summed E-state index contributed by atoms with van der Waals surface area (Å²) in [4.78, 5) is 8.45. The number of hydrogen-bond acceptors (Lipinski definition) is 4. The van der Waals surface area contributed by atoms with Gasteiger partial charge in [0.25, 0.3) is 0 Å². The zero-order valence-electron chi connectivity index (χ0n) is 10.4. The van der Waals surface area contributed by atoms with Crippen LogP contribution in [-0.4, -0.2) is 34.1 Å². The molecule has 0 bridgehead atoms. The van der Waals surface area contributed by atoms with E-state index in [4.69, 9.17) is 4.74 Å². The van der Waals surface area contributed by atoms with Crippen molar-refractivity contribution in [3.05, 3.63) is 28.9 Å².